The van der Waals surface area contributed by atoms with Gasteiger partial charge in [0.05, 0.1) is 0 Å². The molecule has 0 saturated carbocycles. The molecule has 0 unspecified atom stereocenters. The van der Waals surface area contributed by atoms with Crippen LogP contribution in [0.5, 0.6) is 5.75 Å². The first-order chi connectivity index (χ1) is 14.5. The van der Waals surface area contributed by atoms with Crippen molar-refractivity contribution in [3.8, 4) is 5.75 Å². The van der Waals surface area contributed by atoms with Crippen molar-refractivity contribution < 1.29 is 27.9 Å². The molecule has 1 N–H and O–H groups in total. The van der Waals surface area contributed by atoms with Gasteiger partial charge in [-0.3, -0.25) is 4.79 Å². The molecular weight excluding hydrogens is 393 g/mol. The zero-order valence-electron chi connectivity index (χ0n) is 15.9. The highest BCUT2D eigenvalue weighted by atomic mass is 19.1. The van der Waals surface area contributed by atoms with E-state index in [1.807, 2.05) is 0 Å². The van der Waals surface area contributed by atoms with Crippen molar-refractivity contribution in [3.05, 3.63) is 69.8 Å². The summed E-state index contributed by atoms with van der Waals surface area (Å²) in [6.07, 6.45) is 2.49. The third-order valence-electron chi connectivity index (χ3n) is 4.77. The minimum Gasteiger partial charge on any atom is -0.482 e. The summed E-state index contributed by atoms with van der Waals surface area (Å²) < 4.78 is 28.7. The van der Waals surface area contributed by atoms with E-state index in [1.54, 1.807) is 18.2 Å². The minimum atomic E-state index is -0.750. The van der Waals surface area contributed by atoms with E-state index in [4.69, 9.17) is 13.9 Å². The molecule has 0 fully saturated rings. The molecule has 0 atom stereocenters. The van der Waals surface area contributed by atoms with E-state index in [1.165, 1.54) is 18.2 Å². The van der Waals surface area contributed by atoms with Gasteiger partial charge in [0, 0.05) is 22.7 Å². The van der Waals surface area contributed by atoms with Crippen LogP contribution in [0.1, 0.15) is 17.5 Å². The number of rotatable bonds is 6. The summed E-state index contributed by atoms with van der Waals surface area (Å²) in [5.74, 6) is -1.51. The fourth-order valence-corrected chi connectivity index (χ4v) is 3.45. The average Bonchev–Trinajstić information content (AvgIpc) is 3.21. The van der Waals surface area contributed by atoms with Gasteiger partial charge in [0.2, 0.25) is 0 Å². The van der Waals surface area contributed by atoms with Crippen molar-refractivity contribution in [2.24, 2.45) is 0 Å². The molecule has 1 amide bonds. The second-order valence-corrected chi connectivity index (χ2v) is 6.87. The van der Waals surface area contributed by atoms with E-state index in [9.17, 15) is 18.8 Å². The Labute approximate surface area is 170 Å². The van der Waals surface area contributed by atoms with Gasteiger partial charge in [-0.1, -0.05) is 6.07 Å². The van der Waals surface area contributed by atoms with E-state index in [2.05, 4.69) is 5.32 Å². The molecule has 7 nitrogen and oxygen atoms in total. The van der Waals surface area contributed by atoms with Gasteiger partial charge in [-0.05, 0) is 55.2 Å². The highest BCUT2D eigenvalue weighted by Crippen LogP contribution is 2.29. The largest absolute Gasteiger partial charge is 0.482 e. The number of esters is 1. The van der Waals surface area contributed by atoms with E-state index < -0.39 is 30.9 Å². The van der Waals surface area contributed by atoms with Gasteiger partial charge in [-0.25, -0.2) is 14.0 Å². The summed E-state index contributed by atoms with van der Waals surface area (Å²) in [5, 5.41) is 3.29. The number of amides is 1. The second kappa shape index (κ2) is 8.36. The van der Waals surface area contributed by atoms with Crippen LogP contribution in [-0.4, -0.2) is 25.1 Å². The molecule has 0 bridgehead atoms. The molecule has 154 valence electrons. The lowest BCUT2D eigenvalue weighted by Gasteiger charge is -2.09. The lowest BCUT2D eigenvalue weighted by molar-refractivity contribution is -0.149. The predicted molar refractivity (Wildman–Crippen MR) is 106 cm³/mol. The Morgan fingerprint density at radius 2 is 1.90 bits per heavy atom. The Balaban J connectivity index is 1.31. The zero-order chi connectivity index (χ0) is 21.1. The van der Waals surface area contributed by atoms with Crippen molar-refractivity contribution in [1.29, 1.82) is 0 Å². The molecular formula is C22H18FNO6. The maximum atomic E-state index is 13.1. The van der Waals surface area contributed by atoms with Crippen LogP contribution in [0.25, 0.3) is 11.0 Å². The molecule has 30 heavy (non-hydrogen) atoms. The molecule has 0 radical (unpaired) electrons. The highest BCUT2D eigenvalue weighted by molar-refractivity contribution is 5.92. The van der Waals surface area contributed by atoms with Crippen LogP contribution >= 0.6 is 0 Å². The first-order valence-electron chi connectivity index (χ1n) is 9.42. The summed E-state index contributed by atoms with van der Waals surface area (Å²) in [6, 6.07) is 10.4. The predicted octanol–water partition coefficient (Wildman–Crippen LogP) is 2.98. The van der Waals surface area contributed by atoms with E-state index >= 15 is 0 Å². The number of ether oxygens (including phenoxy) is 2. The number of benzene rings is 2. The van der Waals surface area contributed by atoms with Crippen LogP contribution < -0.4 is 15.7 Å². The summed E-state index contributed by atoms with van der Waals surface area (Å²) in [6.45, 7) is -0.953. The van der Waals surface area contributed by atoms with Gasteiger partial charge in [0.25, 0.3) is 5.91 Å². The van der Waals surface area contributed by atoms with Gasteiger partial charge >= 0.3 is 11.6 Å². The molecule has 0 aliphatic heterocycles. The van der Waals surface area contributed by atoms with Gasteiger partial charge in [0.15, 0.2) is 13.2 Å². The van der Waals surface area contributed by atoms with Crippen LogP contribution in [0.2, 0.25) is 0 Å². The van der Waals surface area contributed by atoms with E-state index in [0.29, 0.717) is 11.3 Å². The van der Waals surface area contributed by atoms with Gasteiger partial charge < -0.3 is 19.2 Å². The molecule has 0 saturated heterocycles. The Kier molecular flexibility index (Phi) is 5.47. The summed E-state index contributed by atoms with van der Waals surface area (Å²) >= 11 is 0. The smallest absolute Gasteiger partial charge is 0.344 e. The van der Waals surface area contributed by atoms with E-state index in [-0.39, 0.29) is 11.3 Å². The molecule has 1 aromatic heterocycles. The lowest BCUT2D eigenvalue weighted by atomic mass is 10.1. The first-order valence-corrected chi connectivity index (χ1v) is 9.42. The van der Waals surface area contributed by atoms with Crippen molar-refractivity contribution in [2.75, 3.05) is 18.5 Å². The molecule has 4 rings (SSSR count). The Morgan fingerprint density at radius 3 is 2.73 bits per heavy atom. The number of fused-ring (bicyclic) bond motifs is 3. The van der Waals surface area contributed by atoms with Crippen molar-refractivity contribution >= 4 is 28.5 Å². The third kappa shape index (κ3) is 4.32. The normalized spacial score (nSPS) is 12.4. The summed E-state index contributed by atoms with van der Waals surface area (Å²) in [4.78, 5) is 35.7. The number of hydrogen-bond donors (Lipinski definition) is 1. The number of carbonyl (C=O) groups excluding carboxylic acids is 2. The summed E-state index contributed by atoms with van der Waals surface area (Å²) in [7, 11) is 0. The number of halogens is 1. The maximum absolute atomic E-state index is 13.1. The van der Waals surface area contributed by atoms with Crippen LogP contribution in [0.3, 0.4) is 0 Å². The fourth-order valence-electron chi connectivity index (χ4n) is 3.45. The Bertz CT molecular complexity index is 1190. The number of nitrogens with one attached hydrogen (secondary N) is 1. The van der Waals surface area contributed by atoms with E-state index in [0.717, 1.165) is 41.8 Å². The summed E-state index contributed by atoms with van der Waals surface area (Å²) in [5.41, 5.74) is 2.07. The number of anilines is 1. The van der Waals surface area contributed by atoms with Crippen LogP contribution in [0, 0.1) is 5.82 Å². The van der Waals surface area contributed by atoms with Crippen molar-refractivity contribution in [3.63, 3.8) is 0 Å². The highest BCUT2D eigenvalue weighted by Gasteiger charge is 2.19. The van der Waals surface area contributed by atoms with Gasteiger partial charge in [-0.2, -0.15) is 0 Å². The van der Waals surface area contributed by atoms with Gasteiger partial charge in [0.1, 0.15) is 17.1 Å². The first kappa shape index (κ1) is 19.6. The zero-order valence-corrected chi connectivity index (χ0v) is 15.9. The molecule has 3 aromatic rings. The minimum absolute atomic E-state index is 0.261. The molecule has 0 spiro atoms. The second-order valence-electron chi connectivity index (χ2n) is 6.87. The quantitative estimate of drug-likeness (QED) is 0.495. The third-order valence-corrected chi connectivity index (χ3v) is 4.77. The average molecular weight is 411 g/mol. The fraction of sp³-hybridized carbons (Fsp3) is 0.227. The van der Waals surface area contributed by atoms with Gasteiger partial charge in [-0.15, -0.1) is 0 Å². The number of hydrogen-bond acceptors (Lipinski definition) is 6. The lowest BCUT2D eigenvalue weighted by Crippen LogP contribution is -2.23. The Morgan fingerprint density at radius 1 is 1.07 bits per heavy atom. The molecule has 2 aromatic carbocycles. The van der Waals surface area contributed by atoms with Crippen molar-refractivity contribution in [1.82, 2.24) is 0 Å². The van der Waals surface area contributed by atoms with Crippen LogP contribution in [0.15, 0.2) is 51.7 Å². The van der Waals surface area contributed by atoms with Crippen molar-refractivity contribution in [2.45, 2.75) is 19.3 Å². The SMILES string of the molecule is O=C(COC(=O)COc1ccc2c3c(c(=O)oc2c1)CCC3)Nc1cccc(F)c1. The molecule has 8 heteroatoms. The molecule has 1 aliphatic carbocycles. The van der Waals surface area contributed by atoms with Crippen LogP contribution in [-0.2, 0) is 27.2 Å². The van der Waals surface area contributed by atoms with Crippen LogP contribution in [0.4, 0.5) is 10.1 Å². The standard InChI is InChI=1S/C22H18FNO6/c23-13-3-1-4-14(9-13)24-20(25)11-29-21(26)12-28-15-7-8-17-16-5-2-6-18(16)22(27)30-19(17)10-15/h1,3-4,7-10H,2,5-6,11-12H2,(H,24,25). The number of carbonyl (C=O) groups is 2. The molecule has 1 heterocycles. The topological polar surface area (TPSA) is 94.8 Å². The molecule has 1 aliphatic rings. The number of aryl methyl sites for hydroxylation is 1. The Hall–Kier alpha value is -3.68. The maximum Gasteiger partial charge on any atom is 0.344 e. The monoisotopic (exact) mass is 411 g/mol.